The Morgan fingerprint density at radius 3 is 2.65 bits per heavy atom. The highest BCUT2D eigenvalue weighted by Gasteiger charge is 2.22. The van der Waals surface area contributed by atoms with Crippen molar-refractivity contribution in [1.29, 1.82) is 0 Å². The summed E-state index contributed by atoms with van der Waals surface area (Å²) >= 11 is 8.00. The van der Waals surface area contributed by atoms with E-state index in [1.54, 1.807) is 6.07 Å². The minimum Gasteiger partial charge on any atom is -0.403 e. The molecule has 0 amide bonds. The molecule has 0 aliphatic rings. The number of aliphatic hydroxyl groups is 1. The summed E-state index contributed by atoms with van der Waals surface area (Å²) < 4.78 is 6.54. The highest BCUT2D eigenvalue weighted by Crippen LogP contribution is 2.38. The number of aliphatic hydroxyl groups excluding tert-OH is 1. The summed E-state index contributed by atoms with van der Waals surface area (Å²) in [6.45, 7) is 0. The molecule has 17 heavy (non-hydrogen) atoms. The fourth-order valence-electron chi connectivity index (χ4n) is 1.28. The standard InChI is InChI=1S/C9H5Br2NO4S/c10-6-3-4(9(11)17-6)8(13)5-1-2-7(16-5)12(14)15/h1-3,8,13H. The van der Waals surface area contributed by atoms with Crippen LogP contribution < -0.4 is 0 Å². The van der Waals surface area contributed by atoms with Crippen LogP contribution in [0, 0.1) is 10.1 Å². The van der Waals surface area contributed by atoms with E-state index in [1.807, 2.05) is 0 Å². The second kappa shape index (κ2) is 4.89. The highest BCUT2D eigenvalue weighted by atomic mass is 79.9. The number of rotatable bonds is 3. The first-order valence-electron chi connectivity index (χ1n) is 4.36. The highest BCUT2D eigenvalue weighted by molar-refractivity contribution is 9.12. The van der Waals surface area contributed by atoms with E-state index < -0.39 is 11.0 Å². The molecule has 0 aliphatic heterocycles. The van der Waals surface area contributed by atoms with Gasteiger partial charge in [0.15, 0.2) is 0 Å². The van der Waals surface area contributed by atoms with Crippen LogP contribution in [-0.2, 0) is 0 Å². The normalized spacial score (nSPS) is 12.6. The molecule has 0 aromatic carbocycles. The summed E-state index contributed by atoms with van der Waals surface area (Å²) in [7, 11) is 0. The summed E-state index contributed by atoms with van der Waals surface area (Å²) in [4.78, 5) is 9.82. The zero-order valence-corrected chi connectivity index (χ0v) is 12.1. The van der Waals surface area contributed by atoms with Gasteiger partial charge < -0.3 is 9.52 Å². The molecule has 2 aromatic rings. The van der Waals surface area contributed by atoms with Gasteiger partial charge >= 0.3 is 5.88 Å². The van der Waals surface area contributed by atoms with Gasteiger partial charge in [0.05, 0.1) is 13.6 Å². The van der Waals surface area contributed by atoms with Gasteiger partial charge in [0.25, 0.3) is 0 Å². The SMILES string of the molecule is O=[N+]([O-])c1ccc(C(O)c2cc(Br)sc2Br)o1. The Morgan fingerprint density at radius 2 is 2.18 bits per heavy atom. The van der Waals surface area contributed by atoms with Crippen LogP contribution in [0.25, 0.3) is 0 Å². The molecule has 0 fully saturated rings. The van der Waals surface area contributed by atoms with Crippen molar-refractivity contribution < 1.29 is 14.4 Å². The monoisotopic (exact) mass is 381 g/mol. The molecule has 2 aromatic heterocycles. The lowest BCUT2D eigenvalue weighted by atomic mass is 10.1. The molecule has 5 nitrogen and oxygen atoms in total. The van der Waals surface area contributed by atoms with Crippen LogP contribution in [0.3, 0.4) is 0 Å². The molecule has 8 heteroatoms. The van der Waals surface area contributed by atoms with Crippen molar-refractivity contribution in [2.24, 2.45) is 0 Å². The molecule has 0 saturated heterocycles. The van der Waals surface area contributed by atoms with Crippen LogP contribution in [0.4, 0.5) is 5.88 Å². The quantitative estimate of drug-likeness (QED) is 0.645. The number of hydrogen-bond acceptors (Lipinski definition) is 5. The maximum atomic E-state index is 10.5. The molecule has 1 unspecified atom stereocenters. The molecule has 0 saturated carbocycles. The number of nitrogens with zero attached hydrogens (tertiary/aromatic N) is 1. The first-order valence-corrected chi connectivity index (χ1v) is 6.76. The number of thiophene rings is 1. The second-order valence-corrected chi connectivity index (χ2v) is 6.86. The molecule has 90 valence electrons. The van der Waals surface area contributed by atoms with Crippen LogP contribution in [0.1, 0.15) is 17.4 Å². The van der Waals surface area contributed by atoms with Gasteiger partial charge in [-0.3, -0.25) is 10.1 Å². The van der Waals surface area contributed by atoms with Crippen molar-refractivity contribution in [3.05, 3.63) is 47.2 Å². The lowest BCUT2D eigenvalue weighted by Crippen LogP contribution is -1.96. The summed E-state index contributed by atoms with van der Waals surface area (Å²) in [6, 6.07) is 4.34. The molecule has 2 rings (SSSR count). The minimum atomic E-state index is -1.03. The lowest BCUT2D eigenvalue weighted by Gasteiger charge is -2.05. The number of nitro groups is 1. The first-order chi connectivity index (χ1) is 7.99. The molecule has 0 spiro atoms. The average molecular weight is 383 g/mol. The van der Waals surface area contributed by atoms with Crippen molar-refractivity contribution in [2.45, 2.75) is 6.10 Å². The average Bonchev–Trinajstić information content (AvgIpc) is 2.84. The van der Waals surface area contributed by atoms with Gasteiger partial charge in [0.1, 0.15) is 16.8 Å². The summed E-state index contributed by atoms with van der Waals surface area (Å²) in [6.07, 6.45) is -1.03. The Bertz CT molecular complexity index is 565. The summed E-state index contributed by atoms with van der Waals surface area (Å²) in [5.74, 6) is -0.243. The molecule has 2 heterocycles. The number of hydrogen-bond donors (Lipinski definition) is 1. The van der Waals surface area contributed by atoms with Gasteiger partial charge in [-0.1, -0.05) is 0 Å². The van der Waals surface area contributed by atoms with E-state index in [0.29, 0.717) is 5.56 Å². The largest absolute Gasteiger partial charge is 0.433 e. The van der Waals surface area contributed by atoms with E-state index in [1.165, 1.54) is 23.5 Å². The first kappa shape index (κ1) is 12.7. The Hall–Kier alpha value is -0.700. The summed E-state index contributed by atoms with van der Waals surface area (Å²) in [5, 5.41) is 20.5. The second-order valence-electron chi connectivity index (χ2n) is 3.12. The molecule has 1 N–H and O–H groups in total. The van der Waals surface area contributed by atoms with Gasteiger partial charge in [-0.2, -0.15) is 0 Å². The van der Waals surface area contributed by atoms with Crippen LogP contribution in [0.2, 0.25) is 0 Å². The van der Waals surface area contributed by atoms with Crippen molar-refractivity contribution in [3.8, 4) is 0 Å². The third-order valence-electron chi connectivity index (χ3n) is 2.04. The third kappa shape index (κ3) is 2.59. The van der Waals surface area contributed by atoms with E-state index in [2.05, 4.69) is 31.9 Å². The Kier molecular flexibility index (Phi) is 3.67. The topological polar surface area (TPSA) is 76.5 Å². The van der Waals surface area contributed by atoms with Gasteiger partial charge in [-0.15, -0.1) is 11.3 Å². The maximum absolute atomic E-state index is 10.5. The Labute approximate surface area is 116 Å². The molecule has 0 bridgehead atoms. The molecule has 0 radical (unpaired) electrons. The Balaban J connectivity index is 2.33. The molecular formula is C9H5Br2NO4S. The van der Waals surface area contributed by atoms with Crippen LogP contribution in [-0.4, -0.2) is 10.0 Å². The summed E-state index contributed by atoms with van der Waals surface area (Å²) in [5.41, 5.74) is 0.603. The lowest BCUT2D eigenvalue weighted by molar-refractivity contribution is -0.402. The van der Waals surface area contributed by atoms with Gasteiger partial charge in [-0.05, 0) is 44.0 Å². The molecular weight excluding hydrogens is 378 g/mol. The van der Waals surface area contributed by atoms with E-state index in [9.17, 15) is 15.2 Å². The number of halogens is 2. The van der Waals surface area contributed by atoms with E-state index in [0.717, 1.165) is 7.57 Å². The van der Waals surface area contributed by atoms with Crippen molar-refractivity contribution in [1.82, 2.24) is 0 Å². The van der Waals surface area contributed by atoms with Crippen LogP contribution in [0.15, 0.2) is 30.2 Å². The molecule has 0 aliphatic carbocycles. The third-order valence-corrected chi connectivity index (χ3v) is 4.43. The Morgan fingerprint density at radius 1 is 1.47 bits per heavy atom. The predicted octanol–water partition coefficient (Wildman–Crippen LogP) is 3.86. The fraction of sp³-hybridized carbons (Fsp3) is 0.111. The van der Waals surface area contributed by atoms with Crippen LogP contribution in [0.5, 0.6) is 0 Å². The predicted molar refractivity (Wildman–Crippen MR) is 69.1 cm³/mol. The maximum Gasteiger partial charge on any atom is 0.433 e. The minimum absolute atomic E-state index is 0.141. The van der Waals surface area contributed by atoms with Gasteiger partial charge in [-0.25, -0.2) is 0 Å². The smallest absolute Gasteiger partial charge is 0.403 e. The van der Waals surface area contributed by atoms with Crippen molar-refractivity contribution in [3.63, 3.8) is 0 Å². The molecule has 1 atom stereocenters. The van der Waals surface area contributed by atoms with E-state index >= 15 is 0 Å². The zero-order chi connectivity index (χ0) is 12.6. The number of furan rings is 1. The van der Waals surface area contributed by atoms with Gasteiger partial charge in [0, 0.05) is 5.56 Å². The zero-order valence-electron chi connectivity index (χ0n) is 8.09. The van der Waals surface area contributed by atoms with Crippen LogP contribution >= 0.6 is 43.2 Å². The van der Waals surface area contributed by atoms with E-state index in [4.69, 9.17) is 4.42 Å². The van der Waals surface area contributed by atoms with Crippen molar-refractivity contribution >= 4 is 49.1 Å². The fourth-order valence-corrected chi connectivity index (χ4v) is 4.16. The van der Waals surface area contributed by atoms with E-state index in [-0.39, 0.29) is 11.6 Å². The van der Waals surface area contributed by atoms with Gasteiger partial charge in [0.2, 0.25) is 0 Å². The van der Waals surface area contributed by atoms with Crippen molar-refractivity contribution in [2.75, 3.05) is 0 Å².